The molecule has 27 nitrogen and oxygen atoms in total. The molecule has 0 aromatic heterocycles. The molecule has 9 rings (SSSR count). The fraction of sp³-hybridized carbons (Fsp3) is 0.898. The van der Waals surface area contributed by atoms with Crippen LogP contribution < -0.4 is 0 Å². The number of carbonyl (C=O) groups is 4. The summed E-state index contributed by atoms with van der Waals surface area (Å²) in [6.45, 7) is 14.4. The highest BCUT2D eigenvalue weighted by Gasteiger charge is 2.74. The number of hydrogen-bond acceptors (Lipinski definition) is 26. The Bertz CT molecular complexity index is 2480. The van der Waals surface area contributed by atoms with E-state index < -0.39 is 224 Å². The molecule has 0 amide bonds. The third kappa shape index (κ3) is 11.2. The van der Waals surface area contributed by atoms with Crippen LogP contribution in [0.15, 0.2) is 11.6 Å². The quantitative estimate of drug-likeness (QED) is 0.0346. The number of aliphatic hydroxyl groups is 12. The average Bonchev–Trinajstić information content (AvgIpc) is 0.682. The monoisotopic (exact) mass is 1230 g/mol. The Balaban J connectivity index is 1.03. The van der Waals surface area contributed by atoms with Gasteiger partial charge in [0.15, 0.2) is 31.3 Å². The van der Waals surface area contributed by atoms with Gasteiger partial charge < -0.3 is 119 Å². The van der Waals surface area contributed by atoms with Gasteiger partial charge in [-0.15, -0.1) is 0 Å². The minimum atomic E-state index is -2.26. The third-order valence-corrected chi connectivity index (χ3v) is 22.0. The van der Waals surface area contributed by atoms with Gasteiger partial charge in [0.2, 0.25) is 0 Å². The van der Waals surface area contributed by atoms with Crippen molar-refractivity contribution in [2.75, 3.05) is 26.4 Å². The van der Waals surface area contributed by atoms with Crippen molar-refractivity contribution in [3.8, 4) is 0 Å². The van der Waals surface area contributed by atoms with E-state index in [1.54, 1.807) is 6.92 Å². The highest BCUT2D eigenvalue weighted by atomic mass is 16.8. The number of rotatable bonds is 16. The fourth-order valence-corrected chi connectivity index (χ4v) is 17.2. The number of allylic oxidation sites excluding steroid dienone is 2. The van der Waals surface area contributed by atoms with Crippen molar-refractivity contribution in [3.05, 3.63) is 11.6 Å². The zero-order chi connectivity index (χ0) is 63.3. The van der Waals surface area contributed by atoms with Gasteiger partial charge in [0.1, 0.15) is 97.8 Å². The van der Waals surface area contributed by atoms with E-state index in [-0.39, 0.29) is 31.1 Å². The van der Waals surface area contributed by atoms with Crippen molar-refractivity contribution in [1.29, 1.82) is 0 Å². The number of esters is 2. The molecule has 27 heteroatoms. The fourth-order valence-electron chi connectivity index (χ4n) is 17.2. The van der Waals surface area contributed by atoms with Crippen molar-refractivity contribution in [2.45, 2.75) is 249 Å². The van der Waals surface area contributed by atoms with E-state index >= 15 is 0 Å². The lowest BCUT2D eigenvalue weighted by Gasteiger charge is -2.72. The molecule has 30 atom stereocenters. The van der Waals surface area contributed by atoms with E-state index in [1.807, 2.05) is 27.7 Å². The van der Waals surface area contributed by atoms with Crippen LogP contribution in [0.3, 0.4) is 0 Å². The summed E-state index contributed by atoms with van der Waals surface area (Å²) in [5.41, 5.74) is -4.63. The van der Waals surface area contributed by atoms with Gasteiger partial charge in [-0.05, 0) is 84.9 Å². The molecule has 0 spiro atoms. The molecule has 490 valence electrons. The normalized spacial score (nSPS) is 51.0. The summed E-state index contributed by atoms with van der Waals surface area (Å²) >= 11 is 0. The van der Waals surface area contributed by atoms with Crippen LogP contribution in [0.1, 0.15) is 114 Å². The predicted molar refractivity (Wildman–Crippen MR) is 289 cm³/mol. The van der Waals surface area contributed by atoms with Crippen molar-refractivity contribution < 1.29 is 133 Å². The van der Waals surface area contributed by atoms with Gasteiger partial charge in [0, 0.05) is 18.8 Å². The Kier molecular flexibility index (Phi) is 19.5. The van der Waals surface area contributed by atoms with E-state index in [2.05, 4.69) is 26.8 Å². The van der Waals surface area contributed by atoms with E-state index in [4.69, 9.17) is 47.4 Å². The van der Waals surface area contributed by atoms with Crippen LogP contribution in [0, 0.1) is 56.2 Å². The maximum atomic E-state index is 14.2. The number of fused-ring (bicyclic) bond motifs is 7. The topological polar surface area (TPSA) is 424 Å². The molecule has 86 heavy (non-hydrogen) atoms. The molecule has 5 aliphatic carbocycles. The number of ether oxygens (including phenoxy) is 10. The number of carboxylic acids is 1. The standard InChI is InChI=1S/C59H92O27/c1-24(2)16-35(67)82-47-48(79-25(3)63)59(23-62)27(17-54(47,4)5)26-10-11-32-55(6)14-13-34(56(7,22-61)31(55)12-15-57(32,8)58(26,9)18-33(59)66)81-53-46(86-52-40(72)38(70)37(69)30(19-60)80-52)44(41(73)45(85-53)49(75)76)84-51-42(74)43(29(65)21-78-51)83-50-39(71)36(68)28(64)20-77-50/h10,22,24,27-34,36-48,50-53,60,62,64-66,68-74H,11-21,23H2,1-9H3,(H,75,76). The van der Waals surface area contributed by atoms with Crippen LogP contribution in [-0.4, -0.2) is 252 Å². The second-order valence-electron chi connectivity index (χ2n) is 28.0. The zero-order valence-corrected chi connectivity index (χ0v) is 50.2. The third-order valence-electron chi connectivity index (χ3n) is 22.0. The highest BCUT2D eigenvalue weighted by molar-refractivity contribution is 5.73. The molecule has 8 fully saturated rings. The Morgan fingerprint density at radius 3 is 1.92 bits per heavy atom. The number of aliphatic hydroxyl groups excluding tert-OH is 12. The number of hydrogen-bond donors (Lipinski definition) is 13. The smallest absolute Gasteiger partial charge is 0.335 e. The molecule has 13 N–H and O–H groups in total. The molecule has 0 radical (unpaired) electrons. The molecule has 4 saturated heterocycles. The largest absolute Gasteiger partial charge is 0.479 e. The number of carbonyl (C=O) groups excluding carboxylic acids is 3. The van der Waals surface area contributed by atoms with Crippen LogP contribution in [0.5, 0.6) is 0 Å². The van der Waals surface area contributed by atoms with E-state index in [0.29, 0.717) is 32.1 Å². The zero-order valence-electron chi connectivity index (χ0n) is 50.2. The summed E-state index contributed by atoms with van der Waals surface area (Å²) in [6.07, 6.45) is -33.3. The summed E-state index contributed by atoms with van der Waals surface area (Å²) in [6, 6.07) is 0. The van der Waals surface area contributed by atoms with Crippen LogP contribution in [0.2, 0.25) is 0 Å². The number of aldehydes is 1. The molecule has 9 aliphatic rings. The first-order valence-corrected chi connectivity index (χ1v) is 30.2. The molecule has 4 saturated carbocycles. The summed E-state index contributed by atoms with van der Waals surface area (Å²) < 4.78 is 60.1. The van der Waals surface area contributed by atoms with Crippen molar-refractivity contribution in [1.82, 2.24) is 0 Å². The van der Waals surface area contributed by atoms with Gasteiger partial charge in [-0.25, -0.2) is 4.79 Å². The lowest BCUT2D eigenvalue weighted by atomic mass is 9.33. The first-order chi connectivity index (χ1) is 40.2. The SMILES string of the molecule is CC(=O)OC1C(OC(=O)CC(C)C)C(C)(C)CC2C3=CCC4C5(C)CCC(OC6OC(C(=O)O)C(O)C(OC7OCC(O)C(OC8OCC(O)C(O)C8O)C7O)C6OC6OC(CO)C(O)C(O)C6O)C(C)(C=O)C5CCC4(C)C3(C)CC(O)C21CO. The van der Waals surface area contributed by atoms with Crippen LogP contribution in [-0.2, 0) is 66.5 Å². The Hall–Kier alpha value is -2.98. The van der Waals surface area contributed by atoms with Crippen LogP contribution in [0.4, 0.5) is 0 Å². The van der Waals surface area contributed by atoms with Crippen molar-refractivity contribution in [3.63, 3.8) is 0 Å². The maximum Gasteiger partial charge on any atom is 0.335 e. The summed E-state index contributed by atoms with van der Waals surface area (Å²) in [5, 5.41) is 144. The van der Waals surface area contributed by atoms with Crippen LogP contribution >= 0.6 is 0 Å². The van der Waals surface area contributed by atoms with E-state index in [0.717, 1.165) is 11.9 Å². The molecule has 0 bridgehead atoms. The van der Waals surface area contributed by atoms with Gasteiger partial charge in [0.05, 0.1) is 49.5 Å². The average molecular weight is 1230 g/mol. The lowest BCUT2D eigenvalue weighted by Crippen LogP contribution is -2.72. The minimum absolute atomic E-state index is 0.0292. The van der Waals surface area contributed by atoms with E-state index in [1.165, 1.54) is 6.92 Å². The van der Waals surface area contributed by atoms with Crippen LogP contribution in [0.25, 0.3) is 0 Å². The number of carboxylic acid groups (broad SMARTS) is 1. The summed E-state index contributed by atoms with van der Waals surface area (Å²) in [5.74, 6) is -4.07. The van der Waals surface area contributed by atoms with Crippen molar-refractivity contribution >= 4 is 24.2 Å². The second kappa shape index (κ2) is 24.9. The predicted octanol–water partition coefficient (Wildman–Crippen LogP) is -1.93. The molecular weight excluding hydrogens is 1140 g/mol. The first kappa shape index (κ1) is 67.4. The summed E-state index contributed by atoms with van der Waals surface area (Å²) in [7, 11) is 0. The van der Waals surface area contributed by atoms with Crippen molar-refractivity contribution in [2.24, 2.45) is 56.2 Å². The number of aliphatic carboxylic acids is 1. The van der Waals surface area contributed by atoms with Gasteiger partial charge in [-0.1, -0.05) is 67.0 Å². The Labute approximate surface area is 498 Å². The molecular formula is C59H92O27. The Morgan fingerprint density at radius 1 is 0.674 bits per heavy atom. The van der Waals surface area contributed by atoms with Gasteiger partial charge in [-0.2, -0.15) is 0 Å². The molecule has 4 heterocycles. The second-order valence-corrected chi connectivity index (χ2v) is 28.0. The minimum Gasteiger partial charge on any atom is -0.479 e. The molecule has 30 unspecified atom stereocenters. The van der Waals surface area contributed by atoms with E-state index in [9.17, 15) is 85.6 Å². The molecule has 0 aromatic carbocycles. The first-order valence-electron chi connectivity index (χ1n) is 30.2. The van der Waals surface area contributed by atoms with Gasteiger partial charge in [0.25, 0.3) is 0 Å². The maximum absolute atomic E-state index is 14.2. The molecule has 0 aromatic rings. The highest BCUT2D eigenvalue weighted by Crippen LogP contribution is 2.76. The molecule has 4 aliphatic heterocycles. The van der Waals surface area contributed by atoms with Gasteiger partial charge >= 0.3 is 17.9 Å². The van der Waals surface area contributed by atoms with Gasteiger partial charge in [-0.3, -0.25) is 9.59 Å². The summed E-state index contributed by atoms with van der Waals surface area (Å²) in [4.78, 5) is 53.7. The Morgan fingerprint density at radius 2 is 1.30 bits per heavy atom. The lowest BCUT2D eigenvalue weighted by molar-refractivity contribution is -0.395.